The van der Waals surface area contributed by atoms with Gasteiger partial charge in [0.05, 0.1) is 4.99 Å². The van der Waals surface area contributed by atoms with Gasteiger partial charge in [-0.05, 0) is 13.8 Å². The predicted octanol–water partition coefficient (Wildman–Crippen LogP) is 2.31. The van der Waals surface area contributed by atoms with Gasteiger partial charge >= 0.3 is 0 Å². The van der Waals surface area contributed by atoms with Crippen molar-refractivity contribution in [2.45, 2.75) is 27.7 Å². The SMILES string of the molecule is CCN(CC)C(=S)C(C)C. The van der Waals surface area contributed by atoms with E-state index in [2.05, 4.69) is 32.6 Å². The summed E-state index contributed by atoms with van der Waals surface area (Å²) in [7, 11) is 0. The van der Waals surface area contributed by atoms with Crippen molar-refractivity contribution >= 4 is 17.2 Å². The van der Waals surface area contributed by atoms with Crippen LogP contribution in [0, 0.1) is 5.92 Å². The number of thiocarbonyl (C=S) groups is 1. The van der Waals surface area contributed by atoms with Crippen molar-refractivity contribution in [2.24, 2.45) is 5.92 Å². The molecule has 0 aromatic heterocycles. The summed E-state index contributed by atoms with van der Waals surface area (Å²) in [6.45, 7) is 10.6. The van der Waals surface area contributed by atoms with E-state index in [1.54, 1.807) is 0 Å². The van der Waals surface area contributed by atoms with Gasteiger partial charge in [-0.3, -0.25) is 0 Å². The maximum atomic E-state index is 5.22. The van der Waals surface area contributed by atoms with Gasteiger partial charge in [0.1, 0.15) is 0 Å². The first kappa shape index (κ1) is 9.89. The van der Waals surface area contributed by atoms with Gasteiger partial charge in [-0.1, -0.05) is 26.1 Å². The molecule has 0 rings (SSSR count). The van der Waals surface area contributed by atoms with Crippen LogP contribution < -0.4 is 0 Å². The molecule has 60 valence electrons. The summed E-state index contributed by atoms with van der Waals surface area (Å²) < 4.78 is 0. The lowest BCUT2D eigenvalue weighted by atomic mass is 10.2. The molecule has 0 amide bonds. The Bertz CT molecular complexity index is 106. The van der Waals surface area contributed by atoms with Gasteiger partial charge in [0.2, 0.25) is 0 Å². The fourth-order valence-corrected chi connectivity index (χ4v) is 1.16. The van der Waals surface area contributed by atoms with Crippen molar-refractivity contribution in [1.29, 1.82) is 0 Å². The van der Waals surface area contributed by atoms with E-state index in [0.29, 0.717) is 5.92 Å². The van der Waals surface area contributed by atoms with Gasteiger partial charge in [-0.25, -0.2) is 0 Å². The average molecular weight is 159 g/mol. The second-order valence-electron chi connectivity index (χ2n) is 2.67. The Hall–Kier alpha value is -0.110. The molecule has 2 heteroatoms. The first-order valence-corrected chi connectivity index (χ1v) is 4.33. The van der Waals surface area contributed by atoms with E-state index in [4.69, 9.17) is 12.2 Å². The topological polar surface area (TPSA) is 3.24 Å². The van der Waals surface area contributed by atoms with Crippen LogP contribution in [0.5, 0.6) is 0 Å². The first-order chi connectivity index (χ1) is 4.63. The molecule has 0 aliphatic carbocycles. The molecule has 0 spiro atoms. The van der Waals surface area contributed by atoms with Crippen LogP contribution in [0.3, 0.4) is 0 Å². The van der Waals surface area contributed by atoms with Crippen LogP contribution in [0.4, 0.5) is 0 Å². The van der Waals surface area contributed by atoms with E-state index in [1.807, 2.05) is 0 Å². The molecule has 0 radical (unpaired) electrons. The molecule has 0 aromatic rings. The molecule has 0 N–H and O–H groups in total. The van der Waals surface area contributed by atoms with Crippen LogP contribution in [-0.2, 0) is 0 Å². The molecule has 0 bridgehead atoms. The third-order valence-electron chi connectivity index (χ3n) is 1.57. The monoisotopic (exact) mass is 159 g/mol. The van der Waals surface area contributed by atoms with Gasteiger partial charge < -0.3 is 4.90 Å². The molecule has 0 unspecified atom stereocenters. The van der Waals surface area contributed by atoms with Gasteiger partial charge in [0, 0.05) is 19.0 Å². The van der Waals surface area contributed by atoms with Crippen LogP contribution in [0.25, 0.3) is 0 Å². The third kappa shape index (κ3) is 2.65. The largest absolute Gasteiger partial charge is 0.367 e. The zero-order chi connectivity index (χ0) is 8.15. The van der Waals surface area contributed by atoms with Crippen LogP contribution in [-0.4, -0.2) is 23.0 Å². The predicted molar refractivity (Wildman–Crippen MR) is 50.4 cm³/mol. The van der Waals surface area contributed by atoms with Crippen molar-refractivity contribution in [3.8, 4) is 0 Å². The number of rotatable bonds is 3. The van der Waals surface area contributed by atoms with Gasteiger partial charge in [-0.15, -0.1) is 0 Å². The highest BCUT2D eigenvalue weighted by Crippen LogP contribution is 2.02. The first-order valence-electron chi connectivity index (χ1n) is 3.92. The van der Waals surface area contributed by atoms with E-state index < -0.39 is 0 Å². The van der Waals surface area contributed by atoms with Gasteiger partial charge in [-0.2, -0.15) is 0 Å². The summed E-state index contributed by atoms with van der Waals surface area (Å²) in [6.07, 6.45) is 0. The van der Waals surface area contributed by atoms with Gasteiger partial charge in [0.15, 0.2) is 0 Å². The minimum absolute atomic E-state index is 0.509. The average Bonchev–Trinajstić information content (AvgIpc) is 1.90. The number of hydrogen-bond donors (Lipinski definition) is 0. The summed E-state index contributed by atoms with van der Waals surface area (Å²) in [4.78, 5) is 3.31. The zero-order valence-corrected chi connectivity index (χ0v) is 8.16. The normalized spacial score (nSPS) is 10.1. The minimum Gasteiger partial charge on any atom is -0.367 e. The molecule has 10 heavy (non-hydrogen) atoms. The zero-order valence-electron chi connectivity index (χ0n) is 7.35. The molecule has 0 saturated heterocycles. The Labute approximate surface area is 69.4 Å². The van der Waals surface area contributed by atoms with Crippen molar-refractivity contribution in [2.75, 3.05) is 13.1 Å². The minimum atomic E-state index is 0.509. The fourth-order valence-electron chi connectivity index (χ4n) is 0.900. The molecule has 0 heterocycles. The third-order valence-corrected chi connectivity index (χ3v) is 2.30. The smallest absolute Gasteiger partial charge is 0.0804 e. The van der Waals surface area contributed by atoms with Crippen LogP contribution >= 0.6 is 12.2 Å². The molecule has 0 fully saturated rings. The fraction of sp³-hybridized carbons (Fsp3) is 0.875. The Morgan fingerprint density at radius 2 is 1.70 bits per heavy atom. The summed E-state index contributed by atoms with van der Waals surface area (Å²) in [6, 6.07) is 0. The molecule has 1 nitrogen and oxygen atoms in total. The van der Waals surface area contributed by atoms with Crippen LogP contribution in [0.15, 0.2) is 0 Å². The van der Waals surface area contributed by atoms with Gasteiger partial charge in [0.25, 0.3) is 0 Å². The van der Waals surface area contributed by atoms with Crippen molar-refractivity contribution in [3.05, 3.63) is 0 Å². The highest BCUT2D eigenvalue weighted by molar-refractivity contribution is 7.80. The lowest BCUT2D eigenvalue weighted by molar-refractivity contribution is 0.452. The second-order valence-corrected chi connectivity index (χ2v) is 3.08. The van der Waals surface area contributed by atoms with E-state index in [0.717, 1.165) is 18.1 Å². The quantitative estimate of drug-likeness (QED) is 0.581. The van der Waals surface area contributed by atoms with Crippen molar-refractivity contribution in [1.82, 2.24) is 4.90 Å². The highest BCUT2D eigenvalue weighted by atomic mass is 32.1. The Morgan fingerprint density at radius 3 is 1.80 bits per heavy atom. The van der Waals surface area contributed by atoms with Crippen LogP contribution in [0.1, 0.15) is 27.7 Å². The molecule has 0 saturated carbocycles. The summed E-state index contributed by atoms with van der Waals surface area (Å²) in [5.41, 5.74) is 0. The maximum Gasteiger partial charge on any atom is 0.0804 e. The standard InChI is InChI=1S/C8H17NS/c1-5-9(6-2)8(10)7(3)4/h7H,5-6H2,1-4H3. The lowest BCUT2D eigenvalue weighted by Gasteiger charge is -2.23. The number of hydrogen-bond acceptors (Lipinski definition) is 1. The van der Waals surface area contributed by atoms with Crippen LogP contribution in [0.2, 0.25) is 0 Å². The van der Waals surface area contributed by atoms with E-state index in [-0.39, 0.29) is 0 Å². The summed E-state index contributed by atoms with van der Waals surface area (Å²) >= 11 is 5.22. The second kappa shape index (κ2) is 4.67. The Kier molecular flexibility index (Phi) is 4.62. The summed E-state index contributed by atoms with van der Waals surface area (Å²) in [5.74, 6) is 0.509. The Balaban J connectivity index is 3.89. The molecule has 0 aromatic carbocycles. The molecular weight excluding hydrogens is 142 g/mol. The van der Waals surface area contributed by atoms with E-state index >= 15 is 0 Å². The molecule has 0 aliphatic heterocycles. The Morgan fingerprint density at radius 1 is 1.30 bits per heavy atom. The van der Waals surface area contributed by atoms with E-state index in [9.17, 15) is 0 Å². The molecule has 0 aliphatic rings. The van der Waals surface area contributed by atoms with Crippen molar-refractivity contribution in [3.63, 3.8) is 0 Å². The molecule has 0 atom stereocenters. The maximum absolute atomic E-state index is 5.22. The van der Waals surface area contributed by atoms with Crippen molar-refractivity contribution < 1.29 is 0 Å². The highest BCUT2D eigenvalue weighted by Gasteiger charge is 2.07. The molecular formula is C8H17NS. The van der Waals surface area contributed by atoms with E-state index in [1.165, 1.54) is 0 Å². The lowest BCUT2D eigenvalue weighted by Crippen LogP contribution is -2.32. The summed E-state index contributed by atoms with van der Waals surface area (Å²) in [5, 5.41) is 0. The number of nitrogens with zero attached hydrogens (tertiary/aromatic N) is 1.